The lowest BCUT2D eigenvalue weighted by molar-refractivity contribution is -0.201. The van der Waals surface area contributed by atoms with Gasteiger partial charge in [-0.1, -0.05) is 60.7 Å². The third-order valence-corrected chi connectivity index (χ3v) is 5.42. The van der Waals surface area contributed by atoms with Crippen LogP contribution >= 0.6 is 0 Å². The summed E-state index contributed by atoms with van der Waals surface area (Å²) in [6.45, 7) is 3.63. The van der Waals surface area contributed by atoms with Crippen molar-refractivity contribution < 1.29 is 19.3 Å². The van der Waals surface area contributed by atoms with Crippen molar-refractivity contribution in [2.75, 3.05) is 6.61 Å². The molecule has 2 fully saturated rings. The van der Waals surface area contributed by atoms with Crippen LogP contribution in [-0.4, -0.2) is 45.6 Å². The zero-order chi connectivity index (χ0) is 20.0. The number of hydrogen-bond donors (Lipinski definition) is 1. The van der Waals surface area contributed by atoms with E-state index in [0.717, 1.165) is 22.5 Å². The van der Waals surface area contributed by atoms with E-state index in [1.165, 1.54) is 0 Å². The maximum atomic E-state index is 9.83. The van der Waals surface area contributed by atoms with E-state index in [4.69, 9.17) is 19.3 Å². The molecular weight excluding hydrogens is 368 g/mol. The maximum Gasteiger partial charge on any atom is 0.180 e. The number of aliphatic hydroxyl groups excluding tert-OH is 1. The number of rotatable bonds is 4. The summed E-state index contributed by atoms with van der Waals surface area (Å²) in [5.41, 5.74) is 3.85. The van der Waals surface area contributed by atoms with Gasteiger partial charge in [0.05, 0.1) is 18.0 Å². The number of ether oxygens (including phenoxy) is 3. The Labute approximate surface area is 169 Å². The second kappa shape index (κ2) is 7.07. The van der Waals surface area contributed by atoms with Gasteiger partial charge in [0.25, 0.3) is 0 Å². The van der Waals surface area contributed by atoms with Gasteiger partial charge in [0, 0.05) is 5.56 Å². The summed E-state index contributed by atoms with van der Waals surface area (Å²) in [7, 11) is 0. The fourth-order valence-corrected chi connectivity index (χ4v) is 4.17. The van der Waals surface area contributed by atoms with Crippen LogP contribution in [0.1, 0.15) is 20.1 Å². The Balaban J connectivity index is 1.61. The first-order valence-electron chi connectivity index (χ1n) is 9.88. The van der Waals surface area contributed by atoms with E-state index in [-0.39, 0.29) is 18.8 Å². The summed E-state index contributed by atoms with van der Waals surface area (Å²) in [5, 5.41) is 14.7. The van der Waals surface area contributed by atoms with Gasteiger partial charge in [-0.25, -0.2) is 4.68 Å². The van der Waals surface area contributed by atoms with Crippen molar-refractivity contribution in [2.24, 2.45) is 0 Å². The minimum absolute atomic E-state index is 0.134. The highest BCUT2D eigenvalue weighted by Gasteiger charge is 2.56. The average molecular weight is 392 g/mol. The predicted molar refractivity (Wildman–Crippen MR) is 108 cm³/mol. The van der Waals surface area contributed by atoms with Crippen molar-refractivity contribution >= 4 is 0 Å². The highest BCUT2D eigenvalue weighted by molar-refractivity contribution is 5.68. The molecule has 0 amide bonds. The molecule has 0 unspecified atom stereocenters. The summed E-state index contributed by atoms with van der Waals surface area (Å²) in [6, 6.07) is 22.2. The summed E-state index contributed by atoms with van der Waals surface area (Å²) in [6.07, 6.45) is -1.65. The number of nitrogens with zero attached hydrogens (tertiary/aromatic N) is 2. The van der Waals surface area contributed by atoms with E-state index >= 15 is 0 Å². The van der Waals surface area contributed by atoms with Gasteiger partial charge >= 0.3 is 0 Å². The monoisotopic (exact) mass is 392 g/mol. The van der Waals surface area contributed by atoms with Gasteiger partial charge in [-0.15, -0.1) is 0 Å². The number of benzene rings is 2. The normalized spacial score (nSPS) is 27.8. The van der Waals surface area contributed by atoms with Crippen LogP contribution < -0.4 is 0 Å². The molecule has 6 heteroatoms. The molecule has 2 saturated heterocycles. The zero-order valence-electron chi connectivity index (χ0n) is 16.4. The molecule has 1 aromatic heterocycles. The second-order valence-electron chi connectivity index (χ2n) is 7.90. The van der Waals surface area contributed by atoms with Crippen LogP contribution in [0.2, 0.25) is 0 Å². The smallest absolute Gasteiger partial charge is 0.180 e. The lowest BCUT2D eigenvalue weighted by Gasteiger charge is -2.24. The fraction of sp³-hybridized carbons (Fsp3) is 0.348. The largest absolute Gasteiger partial charge is 0.394 e. The third-order valence-electron chi connectivity index (χ3n) is 5.42. The molecule has 3 heterocycles. The molecule has 0 spiro atoms. The van der Waals surface area contributed by atoms with Crippen LogP contribution in [0.3, 0.4) is 0 Å². The van der Waals surface area contributed by atoms with Gasteiger partial charge in [0.1, 0.15) is 18.3 Å². The molecule has 2 aliphatic rings. The Bertz CT molecular complexity index is 987. The number of aliphatic hydroxyl groups is 1. The molecule has 0 bridgehead atoms. The summed E-state index contributed by atoms with van der Waals surface area (Å²) in [5.74, 6) is -0.729. The number of hydrogen-bond acceptors (Lipinski definition) is 5. The number of aromatic nitrogens is 2. The first kappa shape index (κ1) is 18.5. The van der Waals surface area contributed by atoms with Gasteiger partial charge in [-0.3, -0.25) is 0 Å². The van der Waals surface area contributed by atoms with E-state index in [1.807, 2.05) is 79.2 Å². The van der Waals surface area contributed by atoms with Crippen molar-refractivity contribution in [3.05, 3.63) is 66.7 Å². The third kappa shape index (κ3) is 3.28. The summed E-state index contributed by atoms with van der Waals surface area (Å²) >= 11 is 0. The van der Waals surface area contributed by atoms with Crippen LogP contribution in [0.4, 0.5) is 0 Å². The van der Waals surface area contributed by atoms with Crippen molar-refractivity contribution in [2.45, 2.75) is 44.2 Å². The summed E-state index contributed by atoms with van der Waals surface area (Å²) in [4.78, 5) is 0. The van der Waals surface area contributed by atoms with Gasteiger partial charge in [-0.2, -0.15) is 5.10 Å². The van der Waals surface area contributed by atoms with Crippen molar-refractivity contribution in [1.82, 2.24) is 9.78 Å². The first-order valence-corrected chi connectivity index (χ1v) is 9.88. The van der Waals surface area contributed by atoms with Gasteiger partial charge < -0.3 is 19.3 Å². The van der Waals surface area contributed by atoms with E-state index in [2.05, 4.69) is 6.07 Å². The highest BCUT2D eigenvalue weighted by Crippen LogP contribution is 2.44. The lowest BCUT2D eigenvalue weighted by Crippen LogP contribution is -2.31. The lowest BCUT2D eigenvalue weighted by atomic mass is 10.1. The van der Waals surface area contributed by atoms with Gasteiger partial charge in [0.2, 0.25) is 0 Å². The van der Waals surface area contributed by atoms with E-state index in [9.17, 15) is 5.11 Å². The van der Waals surface area contributed by atoms with Crippen LogP contribution in [0.25, 0.3) is 22.5 Å². The Kier molecular flexibility index (Phi) is 4.52. The van der Waals surface area contributed by atoms with Crippen LogP contribution in [-0.2, 0) is 14.2 Å². The van der Waals surface area contributed by atoms with Gasteiger partial charge in [0.15, 0.2) is 12.0 Å². The minimum Gasteiger partial charge on any atom is -0.394 e. The maximum absolute atomic E-state index is 9.83. The second-order valence-corrected chi connectivity index (χ2v) is 7.90. The van der Waals surface area contributed by atoms with E-state index < -0.39 is 18.1 Å². The van der Waals surface area contributed by atoms with Crippen LogP contribution in [0, 0.1) is 0 Å². The van der Waals surface area contributed by atoms with E-state index in [1.54, 1.807) is 0 Å². The molecule has 29 heavy (non-hydrogen) atoms. The standard InChI is InChI=1S/C23H24N2O4/c1-23(2)28-20-19(14-26)27-22(21(20)29-23)25-18(16-11-7-4-8-12-16)13-17(24-25)15-9-5-3-6-10-15/h3-13,19-22,26H,14H2,1-2H3/t19-,20-,21-,22-/m1/s1. The molecule has 0 aliphatic carbocycles. The molecule has 3 aromatic rings. The molecule has 2 aliphatic heterocycles. The number of fused-ring (bicyclic) bond motifs is 1. The zero-order valence-corrected chi connectivity index (χ0v) is 16.4. The molecule has 0 saturated carbocycles. The van der Waals surface area contributed by atoms with Crippen molar-refractivity contribution in [3.63, 3.8) is 0 Å². The van der Waals surface area contributed by atoms with E-state index in [0.29, 0.717) is 0 Å². The Morgan fingerprint density at radius 3 is 2.21 bits per heavy atom. The molecule has 1 N–H and O–H groups in total. The molecular formula is C23H24N2O4. The topological polar surface area (TPSA) is 65.7 Å². The van der Waals surface area contributed by atoms with Crippen molar-refractivity contribution in [3.8, 4) is 22.5 Å². The minimum atomic E-state index is -0.729. The Morgan fingerprint density at radius 2 is 1.55 bits per heavy atom. The van der Waals surface area contributed by atoms with Gasteiger partial charge in [-0.05, 0) is 25.5 Å². The SMILES string of the molecule is CC1(C)O[C@@H]2[C@H](O1)[C@@H](CO)O[C@H]2n1nc(-c2ccccc2)cc1-c1ccccc1. The fourth-order valence-electron chi connectivity index (χ4n) is 4.17. The molecule has 2 aromatic carbocycles. The molecule has 5 rings (SSSR count). The molecule has 0 radical (unpaired) electrons. The Hall–Kier alpha value is -2.51. The first-order chi connectivity index (χ1) is 14.1. The predicted octanol–water partition coefficient (Wildman–Crippen LogP) is 3.63. The average Bonchev–Trinajstić information content (AvgIpc) is 3.40. The van der Waals surface area contributed by atoms with Crippen molar-refractivity contribution in [1.29, 1.82) is 0 Å². The highest BCUT2D eigenvalue weighted by atomic mass is 16.8. The van der Waals surface area contributed by atoms with Crippen LogP contribution in [0.5, 0.6) is 0 Å². The summed E-state index contributed by atoms with van der Waals surface area (Å²) < 4.78 is 20.2. The Morgan fingerprint density at radius 1 is 0.931 bits per heavy atom. The molecule has 4 atom stereocenters. The molecule has 6 nitrogen and oxygen atoms in total. The van der Waals surface area contributed by atoms with Crippen LogP contribution in [0.15, 0.2) is 66.7 Å². The quantitative estimate of drug-likeness (QED) is 0.735. The molecule has 150 valence electrons.